The molecule has 1 aromatic carbocycles. The first-order valence-corrected chi connectivity index (χ1v) is 6.93. The Labute approximate surface area is 120 Å². The quantitative estimate of drug-likeness (QED) is 0.383. The van der Waals surface area contributed by atoms with Gasteiger partial charge in [-0.25, -0.2) is 0 Å². The normalized spacial score (nSPS) is 23.9. The van der Waals surface area contributed by atoms with Gasteiger partial charge < -0.3 is 20.6 Å². The van der Waals surface area contributed by atoms with Gasteiger partial charge in [-0.05, 0) is 43.0 Å². The summed E-state index contributed by atoms with van der Waals surface area (Å²) in [5.74, 6) is 0.741. The van der Waals surface area contributed by atoms with Crippen molar-refractivity contribution in [2.24, 2.45) is 16.8 Å². The van der Waals surface area contributed by atoms with Crippen LogP contribution < -0.4 is 10.6 Å². The van der Waals surface area contributed by atoms with E-state index in [4.69, 9.17) is 15.7 Å². The fourth-order valence-corrected chi connectivity index (χ4v) is 2.76. The summed E-state index contributed by atoms with van der Waals surface area (Å²) in [6.45, 7) is 6.14. The molecule has 110 valence electrons. The van der Waals surface area contributed by atoms with Crippen molar-refractivity contribution in [2.45, 2.75) is 26.4 Å². The molecule has 1 saturated heterocycles. The zero-order valence-corrected chi connectivity index (χ0v) is 12.3. The minimum Gasteiger partial charge on any atom is -0.409 e. The molecule has 1 aliphatic rings. The van der Waals surface area contributed by atoms with Gasteiger partial charge in [0.2, 0.25) is 0 Å². The Morgan fingerprint density at radius 2 is 2.25 bits per heavy atom. The number of nitrogens with zero attached hydrogens (tertiary/aromatic N) is 2. The monoisotopic (exact) mass is 277 g/mol. The fourth-order valence-electron chi connectivity index (χ4n) is 2.76. The van der Waals surface area contributed by atoms with Crippen LogP contribution >= 0.6 is 0 Å². The maximum absolute atomic E-state index is 8.76. The maximum Gasteiger partial charge on any atom is 0.170 e. The summed E-state index contributed by atoms with van der Waals surface area (Å²) in [4.78, 5) is 2.33. The Kier molecular flexibility index (Phi) is 4.49. The second kappa shape index (κ2) is 6.13. The number of nitrogens with two attached hydrogens (primary N) is 1. The first-order chi connectivity index (χ1) is 9.56. The van der Waals surface area contributed by atoms with Crippen LogP contribution in [0.15, 0.2) is 23.4 Å². The Morgan fingerprint density at radius 1 is 1.50 bits per heavy atom. The van der Waals surface area contributed by atoms with Crippen molar-refractivity contribution in [1.29, 1.82) is 0 Å². The van der Waals surface area contributed by atoms with Gasteiger partial charge in [-0.3, -0.25) is 0 Å². The molecule has 2 rings (SSSR count). The second-order valence-electron chi connectivity index (χ2n) is 5.47. The average Bonchev–Trinajstić information content (AvgIpc) is 2.47. The smallest absolute Gasteiger partial charge is 0.170 e. The lowest BCUT2D eigenvalue weighted by atomic mass is 9.95. The van der Waals surface area contributed by atoms with E-state index in [2.05, 4.69) is 23.0 Å². The van der Waals surface area contributed by atoms with Crippen LogP contribution in [-0.4, -0.2) is 37.3 Å². The number of amidine groups is 1. The number of benzene rings is 1. The summed E-state index contributed by atoms with van der Waals surface area (Å²) < 4.78 is 5.55. The van der Waals surface area contributed by atoms with Crippen LogP contribution in [0.25, 0.3) is 0 Å². The molecular formula is C15H23N3O2. The molecule has 1 heterocycles. The minimum atomic E-state index is 0.149. The highest BCUT2D eigenvalue weighted by molar-refractivity contribution is 5.98. The molecule has 0 radical (unpaired) electrons. The summed E-state index contributed by atoms with van der Waals surface area (Å²) in [6.07, 6.45) is 1.40. The Morgan fingerprint density at radius 3 is 2.85 bits per heavy atom. The summed E-state index contributed by atoms with van der Waals surface area (Å²) in [7, 11) is 1.78. The van der Waals surface area contributed by atoms with E-state index in [0.717, 1.165) is 36.3 Å². The van der Waals surface area contributed by atoms with Gasteiger partial charge in [-0.15, -0.1) is 0 Å². The number of piperidine rings is 1. The van der Waals surface area contributed by atoms with Crippen LogP contribution in [0.2, 0.25) is 0 Å². The molecule has 1 aromatic rings. The molecule has 1 fully saturated rings. The molecule has 20 heavy (non-hydrogen) atoms. The predicted molar refractivity (Wildman–Crippen MR) is 80.5 cm³/mol. The first kappa shape index (κ1) is 14.7. The van der Waals surface area contributed by atoms with Gasteiger partial charge in [0.05, 0.1) is 6.10 Å². The Hall–Kier alpha value is -1.75. The van der Waals surface area contributed by atoms with Gasteiger partial charge in [0.15, 0.2) is 5.84 Å². The molecule has 0 saturated carbocycles. The fraction of sp³-hybridized carbons (Fsp3) is 0.533. The third-order valence-corrected chi connectivity index (χ3v) is 4.15. The Balaban J connectivity index is 2.20. The van der Waals surface area contributed by atoms with Crippen LogP contribution in [0.3, 0.4) is 0 Å². The number of aryl methyl sites for hydroxylation is 1. The van der Waals surface area contributed by atoms with Crippen LogP contribution in [0, 0.1) is 12.8 Å². The highest BCUT2D eigenvalue weighted by Gasteiger charge is 2.26. The molecule has 0 amide bonds. The zero-order valence-electron chi connectivity index (χ0n) is 12.3. The van der Waals surface area contributed by atoms with E-state index >= 15 is 0 Å². The molecule has 0 spiro atoms. The van der Waals surface area contributed by atoms with E-state index in [-0.39, 0.29) is 11.9 Å². The first-order valence-electron chi connectivity index (χ1n) is 6.93. The largest absolute Gasteiger partial charge is 0.409 e. The molecule has 3 N–H and O–H groups in total. The standard InChI is InChI=1S/C15H23N3O2/c1-10-6-7-18(9-14(10)20-3)12-4-5-13(11(2)8-12)15(16)17-19/h4-5,8,10,14,19H,6-7,9H2,1-3H3,(H2,16,17). The van der Waals surface area contributed by atoms with Crippen molar-refractivity contribution in [3.05, 3.63) is 29.3 Å². The molecule has 0 bridgehead atoms. The molecule has 5 heteroatoms. The van der Waals surface area contributed by atoms with Crippen molar-refractivity contribution in [2.75, 3.05) is 25.1 Å². The maximum atomic E-state index is 8.76. The van der Waals surface area contributed by atoms with Gasteiger partial charge in [0.25, 0.3) is 0 Å². The van der Waals surface area contributed by atoms with Crippen molar-refractivity contribution in [3.8, 4) is 0 Å². The van der Waals surface area contributed by atoms with Gasteiger partial charge in [-0.2, -0.15) is 0 Å². The van der Waals surface area contributed by atoms with Crippen molar-refractivity contribution < 1.29 is 9.94 Å². The van der Waals surface area contributed by atoms with E-state index in [1.54, 1.807) is 7.11 Å². The van der Waals surface area contributed by atoms with Gasteiger partial charge in [-0.1, -0.05) is 12.1 Å². The number of oxime groups is 1. The van der Waals surface area contributed by atoms with Crippen LogP contribution in [0.4, 0.5) is 5.69 Å². The summed E-state index contributed by atoms with van der Waals surface area (Å²) in [6, 6.07) is 6.00. The highest BCUT2D eigenvalue weighted by atomic mass is 16.5. The molecule has 2 unspecified atom stereocenters. The topological polar surface area (TPSA) is 71.1 Å². The molecule has 1 aliphatic heterocycles. The number of anilines is 1. The van der Waals surface area contributed by atoms with E-state index in [1.165, 1.54) is 0 Å². The van der Waals surface area contributed by atoms with Crippen LogP contribution in [0.1, 0.15) is 24.5 Å². The molecule has 0 aliphatic carbocycles. The number of hydrogen-bond donors (Lipinski definition) is 2. The van der Waals surface area contributed by atoms with Crippen LogP contribution in [-0.2, 0) is 4.74 Å². The zero-order chi connectivity index (χ0) is 14.7. The van der Waals surface area contributed by atoms with Crippen molar-refractivity contribution >= 4 is 11.5 Å². The van der Waals surface area contributed by atoms with Gasteiger partial charge in [0.1, 0.15) is 0 Å². The second-order valence-corrected chi connectivity index (χ2v) is 5.47. The molecule has 2 atom stereocenters. The number of methoxy groups -OCH3 is 1. The molecule has 5 nitrogen and oxygen atoms in total. The van der Waals surface area contributed by atoms with Crippen LogP contribution in [0.5, 0.6) is 0 Å². The van der Waals surface area contributed by atoms with Gasteiger partial charge >= 0.3 is 0 Å². The number of ether oxygens (including phenoxy) is 1. The SMILES string of the molecule is COC1CN(c2ccc(/C(N)=N/O)c(C)c2)CCC1C. The Bertz CT molecular complexity index is 502. The third-order valence-electron chi connectivity index (χ3n) is 4.15. The lowest BCUT2D eigenvalue weighted by molar-refractivity contribution is 0.0498. The average molecular weight is 277 g/mol. The van der Waals surface area contributed by atoms with E-state index in [9.17, 15) is 0 Å². The minimum absolute atomic E-state index is 0.149. The third kappa shape index (κ3) is 2.88. The lowest BCUT2D eigenvalue weighted by Gasteiger charge is -2.37. The number of hydrogen-bond acceptors (Lipinski definition) is 4. The van der Waals surface area contributed by atoms with E-state index in [1.807, 2.05) is 19.1 Å². The summed E-state index contributed by atoms with van der Waals surface area (Å²) in [5, 5.41) is 11.8. The summed E-state index contributed by atoms with van der Waals surface area (Å²) in [5.41, 5.74) is 8.58. The lowest BCUT2D eigenvalue weighted by Crippen LogP contribution is -2.44. The summed E-state index contributed by atoms with van der Waals surface area (Å²) >= 11 is 0. The van der Waals surface area contributed by atoms with Crippen molar-refractivity contribution in [3.63, 3.8) is 0 Å². The molecule has 0 aromatic heterocycles. The van der Waals surface area contributed by atoms with Crippen molar-refractivity contribution in [1.82, 2.24) is 0 Å². The predicted octanol–water partition coefficient (Wildman–Crippen LogP) is 1.95. The van der Waals surface area contributed by atoms with E-state index in [0.29, 0.717) is 5.92 Å². The highest BCUT2D eigenvalue weighted by Crippen LogP contribution is 2.26. The van der Waals surface area contributed by atoms with Gasteiger partial charge in [0, 0.05) is 31.5 Å². The molecular weight excluding hydrogens is 254 g/mol. The van der Waals surface area contributed by atoms with E-state index < -0.39 is 0 Å². The number of rotatable bonds is 3.